The summed E-state index contributed by atoms with van der Waals surface area (Å²) in [5.41, 5.74) is 0.858. The fourth-order valence-electron chi connectivity index (χ4n) is 3.63. The van der Waals surface area contributed by atoms with Crippen LogP contribution in [0.2, 0.25) is 0 Å². The predicted molar refractivity (Wildman–Crippen MR) is 104 cm³/mol. The zero-order valence-electron chi connectivity index (χ0n) is 15.5. The number of para-hydroxylation sites is 1. The second-order valence-electron chi connectivity index (χ2n) is 6.94. The number of benzene rings is 1. The SMILES string of the molecule is Cn1nc(C2CCN(C(=O)c3ccc(=O)[nH]c3)CC2)n(-c2ccccc2)c1=O. The van der Waals surface area contributed by atoms with E-state index in [9.17, 15) is 14.4 Å². The number of amides is 1. The van der Waals surface area contributed by atoms with Gasteiger partial charge in [0.15, 0.2) is 0 Å². The molecule has 0 bridgehead atoms. The first kappa shape index (κ1) is 18.0. The minimum absolute atomic E-state index is 0.0914. The first-order chi connectivity index (χ1) is 13.5. The van der Waals surface area contributed by atoms with Crippen molar-refractivity contribution >= 4 is 5.91 Å². The van der Waals surface area contributed by atoms with Gasteiger partial charge < -0.3 is 9.88 Å². The maximum absolute atomic E-state index is 12.6. The van der Waals surface area contributed by atoms with Crippen LogP contribution in [-0.2, 0) is 7.05 Å². The van der Waals surface area contributed by atoms with Crippen LogP contribution in [0.15, 0.2) is 58.3 Å². The number of aromatic amines is 1. The molecule has 0 unspecified atom stereocenters. The van der Waals surface area contributed by atoms with Gasteiger partial charge in [-0.15, -0.1) is 0 Å². The van der Waals surface area contributed by atoms with E-state index in [1.807, 2.05) is 30.3 Å². The van der Waals surface area contributed by atoms with Gasteiger partial charge in [-0.1, -0.05) is 18.2 Å². The summed E-state index contributed by atoms with van der Waals surface area (Å²) >= 11 is 0. The number of aryl methyl sites for hydroxylation is 1. The number of nitrogens with zero attached hydrogens (tertiary/aromatic N) is 4. The van der Waals surface area contributed by atoms with Gasteiger partial charge >= 0.3 is 5.69 Å². The third kappa shape index (κ3) is 3.28. The van der Waals surface area contributed by atoms with E-state index in [0.29, 0.717) is 18.7 Å². The third-order valence-electron chi connectivity index (χ3n) is 5.14. The van der Waals surface area contributed by atoms with Crippen molar-refractivity contribution in [3.8, 4) is 5.69 Å². The summed E-state index contributed by atoms with van der Waals surface area (Å²) in [4.78, 5) is 40.7. The number of likely N-dealkylation sites (tertiary alicyclic amines) is 1. The molecule has 28 heavy (non-hydrogen) atoms. The normalized spacial score (nSPS) is 15.0. The van der Waals surface area contributed by atoms with Crippen molar-refractivity contribution in [1.82, 2.24) is 24.2 Å². The molecule has 1 aromatic carbocycles. The molecule has 2 aromatic heterocycles. The van der Waals surface area contributed by atoms with Gasteiger partial charge in [0.2, 0.25) is 5.56 Å². The van der Waals surface area contributed by atoms with E-state index >= 15 is 0 Å². The first-order valence-corrected chi connectivity index (χ1v) is 9.24. The Labute approximate surface area is 161 Å². The van der Waals surface area contributed by atoms with E-state index in [0.717, 1.165) is 24.4 Å². The Morgan fingerprint density at radius 2 is 1.79 bits per heavy atom. The minimum Gasteiger partial charge on any atom is -0.339 e. The summed E-state index contributed by atoms with van der Waals surface area (Å²) < 4.78 is 3.02. The Morgan fingerprint density at radius 1 is 1.07 bits per heavy atom. The number of rotatable bonds is 3. The van der Waals surface area contributed by atoms with Crippen LogP contribution in [0, 0.1) is 0 Å². The molecule has 3 heterocycles. The molecule has 4 rings (SSSR count). The molecule has 144 valence electrons. The number of carbonyl (C=O) groups is 1. The molecule has 8 heteroatoms. The number of aromatic nitrogens is 4. The van der Waals surface area contributed by atoms with Crippen molar-refractivity contribution in [2.24, 2.45) is 7.05 Å². The van der Waals surface area contributed by atoms with E-state index in [1.54, 1.807) is 22.6 Å². The highest BCUT2D eigenvalue weighted by Gasteiger charge is 2.29. The molecule has 1 N–H and O–H groups in total. The van der Waals surface area contributed by atoms with Gasteiger partial charge in [0.25, 0.3) is 5.91 Å². The lowest BCUT2D eigenvalue weighted by atomic mass is 9.95. The number of carbonyl (C=O) groups excluding carboxylic acids is 1. The zero-order chi connectivity index (χ0) is 19.7. The quantitative estimate of drug-likeness (QED) is 0.742. The molecule has 0 saturated carbocycles. The lowest BCUT2D eigenvalue weighted by Gasteiger charge is -2.31. The molecule has 1 aliphatic rings. The number of nitrogens with one attached hydrogen (secondary N) is 1. The molecular formula is C20H21N5O3. The van der Waals surface area contributed by atoms with Crippen LogP contribution in [0.1, 0.15) is 34.9 Å². The van der Waals surface area contributed by atoms with Gasteiger partial charge in [-0.25, -0.2) is 14.0 Å². The Balaban J connectivity index is 1.54. The monoisotopic (exact) mass is 379 g/mol. The largest absolute Gasteiger partial charge is 0.350 e. The summed E-state index contributed by atoms with van der Waals surface area (Å²) in [6, 6.07) is 12.4. The van der Waals surface area contributed by atoms with Crippen LogP contribution in [0.5, 0.6) is 0 Å². The Morgan fingerprint density at radius 3 is 2.43 bits per heavy atom. The van der Waals surface area contributed by atoms with Crippen molar-refractivity contribution in [3.63, 3.8) is 0 Å². The lowest BCUT2D eigenvalue weighted by Crippen LogP contribution is -2.38. The number of piperidine rings is 1. The van der Waals surface area contributed by atoms with Crippen LogP contribution in [0.3, 0.4) is 0 Å². The van der Waals surface area contributed by atoms with Gasteiger partial charge in [-0.05, 0) is 31.0 Å². The van der Waals surface area contributed by atoms with Gasteiger partial charge in [0.1, 0.15) is 5.82 Å². The van der Waals surface area contributed by atoms with Crippen LogP contribution >= 0.6 is 0 Å². The summed E-state index contributed by atoms with van der Waals surface area (Å²) in [5.74, 6) is 0.722. The highest BCUT2D eigenvalue weighted by atomic mass is 16.2. The van der Waals surface area contributed by atoms with Crippen molar-refractivity contribution in [2.75, 3.05) is 13.1 Å². The van der Waals surface area contributed by atoms with Crippen molar-refractivity contribution < 1.29 is 4.79 Å². The van der Waals surface area contributed by atoms with E-state index < -0.39 is 0 Å². The number of hydrogen-bond acceptors (Lipinski definition) is 4. The maximum atomic E-state index is 12.6. The smallest absolute Gasteiger partial charge is 0.339 e. The van der Waals surface area contributed by atoms with E-state index in [2.05, 4.69) is 10.1 Å². The van der Waals surface area contributed by atoms with Crippen molar-refractivity contribution in [3.05, 3.63) is 80.9 Å². The lowest BCUT2D eigenvalue weighted by molar-refractivity contribution is 0.0710. The standard InChI is InChI=1S/C20H21N5O3/c1-23-20(28)25(16-5-3-2-4-6-16)18(22-23)14-9-11-24(12-10-14)19(27)15-7-8-17(26)21-13-15/h2-8,13-14H,9-12H2,1H3,(H,21,26). The van der Waals surface area contributed by atoms with Gasteiger partial charge in [0.05, 0.1) is 11.3 Å². The van der Waals surface area contributed by atoms with Gasteiger partial charge in [-0.3, -0.25) is 9.59 Å². The van der Waals surface area contributed by atoms with E-state index in [4.69, 9.17) is 0 Å². The zero-order valence-corrected chi connectivity index (χ0v) is 15.5. The first-order valence-electron chi connectivity index (χ1n) is 9.24. The maximum Gasteiger partial charge on any atom is 0.350 e. The van der Waals surface area contributed by atoms with Gasteiger partial charge in [-0.2, -0.15) is 5.10 Å². The minimum atomic E-state index is -0.232. The number of pyridine rings is 1. The summed E-state index contributed by atoms with van der Waals surface area (Å²) in [6.45, 7) is 1.14. The molecule has 1 amide bonds. The van der Waals surface area contributed by atoms with E-state index in [1.165, 1.54) is 16.9 Å². The number of H-pyrrole nitrogens is 1. The Kier molecular flexibility index (Phi) is 4.68. The fraction of sp³-hybridized carbons (Fsp3) is 0.300. The highest BCUT2D eigenvalue weighted by molar-refractivity contribution is 5.93. The average molecular weight is 379 g/mol. The summed E-state index contributed by atoms with van der Waals surface area (Å²) in [5, 5.41) is 4.47. The molecule has 0 atom stereocenters. The molecule has 8 nitrogen and oxygen atoms in total. The second kappa shape index (κ2) is 7.30. The molecule has 0 spiro atoms. The molecule has 0 aliphatic carbocycles. The van der Waals surface area contributed by atoms with Crippen LogP contribution in [-0.4, -0.2) is 43.2 Å². The molecule has 1 saturated heterocycles. The molecule has 1 fully saturated rings. The number of hydrogen-bond donors (Lipinski definition) is 1. The fourth-order valence-corrected chi connectivity index (χ4v) is 3.63. The van der Waals surface area contributed by atoms with Crippen LogP contribution in [0.4, 0.5) is 0 Å². The molecule has 1 aliphatic heterocycles. The highest BCUT2D eigenvalue weighted by Crippen LogP contribution is 2.28. The Bertz CT molecular complexity index is 1080. The van der Waals surface area contributed by atoms with Crippen molar-refractivity contribution in [2.45, 2.75) is 18.8 Å². The van der Waals surface area contributed by atoms with Crippen molar-refractivity contribution in [1.29, 1.82) is 0 Å². The van der Waals surface area contributed by atoms with Crippen LogP contribution < -0.4 is 11.2 Å². The Hall–Kier alpha value is -3.42. The second-order valence-corrected chi connectivity index (χ2v) is 6.94. The summed E-state index contributed by atoms with van der Waals surface area (Å²) in [6.07, 6.45) is 2.89. The van der Waals surface area contributed by atoms with E-state index in [-0.39, 0.29) is 23.1 Å². The average Bonchev–Trinajstić information content (AvgIpc) is 3.03. The topological polar surface area (TPSA) is 93.0 Å². The summed E-state index contributed by atoms with van der Waals surface area (Å²) in [7, 11) is 1.65. The van der Waals surface area contributed by atoms with Crippen LogP contribution in [0.25, 0.3) is 5.69 Å². The molecule has 0 radical (unpaired) electrons. The third-order valence-corrected chi connectivity index (χ3v) is 5.14. The molecular weight excluding hydrogens is 358 g/mol. The van der Waals surface area contributed by atoms with Gasteiger partial charge in [0, 0.05) is 38.3 Å². The predicted octanol–water partition coefficient (Wildman–Crippen LogP) is 1.28. The molecule has 3 aromatic rings.